The summed E-state index contributed by atoms with van der Waals surface area (Å²) in [6, 6.07) is 13.7. The smallest absolute Gasteiger partial charge is 0.194 e. The summed E-state index contributed by atoms with van der Waals surface area (Å²) < 4.78 is 103. The molecule has 0 aliphatic heterocycles. The van der Waals surface area contributed by atoms with E-state index in [1.165, 1.54) is 0 Å². The van der Waals surface area contributed by atoms with Crippen molar-refractivity contribution in [1.29, 1.82) is 0 Å². The van der Waals surface area contributed by atoms with Crippen LogP contribution in [0.5, 0.6) is 5.75 Å². The molecule has 0 aliphatic carbocycles. The third-order valence-corrected chi connectivity index (χ3v) is 4.98. The summed E-state index contributed by atoms with van der Waals surface area (Å²) in [5.74, 6) is -7.53. The number of rotatable bonds is 4. The zero-order chi connectivity index (χ0) is 25.7. The maximum atomic E-state index is 13.5. The fourth-order valence-electron chi connectivity index (χ4n) is 3.13. The maximum absolute atomic E-state index is 13.5. The summed E-state index contributed by atoms with van der Waals surface area (Å²) in [5, 5.41) is 0. The zero-order valence-electron chi connectivity index (χ0n) is 18.0. The van der Waals surface area contributed by atoms with Crippen LogP contribution >= 0.6 is 0 Å². The molecular formula is C26H16F8O. The van der Waals surface area contributed by atoms with Gasteiger partial charge < -0.3 is 0 Å². The van der Waals surface area contributed by atoms with Gasteiger partial charge in [0, 0.05) is 16.2 Å². The summed E-state index contributed by atoms with van der Waals surface area (Å²) in [6.07, 6.45) is 0. The highest BCUT2D eigenvalue weighted by Gasteiger charge is 2.15. The van der Waals surface area contributed by atoms with Crippen LogP contribution in [0.2, 0.25) is 0 Å². The molecule has 182 valence electrons. The number of halogens is 8. The second kappa shape index (κ2) is 11.0. The monoisotopic (exact) mass is 496 g/mol. The molecule has 4 rings (SSSR count). The minimum atomic E-state index is -1.64. The maximum Gasteiger partial charge on any atom is 0.194 e. The van der Waals surface area contributed by atoms with Gasteiger partial charge in [0.2, 0.25) is 0 Å². The second-order valence-corrected chi connectivity index (χ2v) is 7.39. The molecule has 0 heterocycles. The topological polar surface area (TPSA) is 9.23 Å². The van der Waals surface area contributed by atoms with Gasteiger partial charge in [-0.25, -0.2) is 30.7 Å². The van der Waals surface area contributed by atoms with Gasteiger partial charge in [0.25, 0.3) is 0 Å². The van der Waals surface area contributed by atoms with Crippen molar-refractivity contribution in [1.82, 2.24) is 0 Å². The van der Waals surface area contributed by atoms with Crippen LogP contribution in [0.25, 0.3) is 22.3 Å². The molecule has 0 saturated carbocycles. The molecule has 0 fully saturated rings. The van der Waals surface area contributed by atoms with Crippen LogP contribution in [0.4, 0.5) is 35.3 Å². The Bertz CT molecular complexity index is 1290. The van der Waals surface area contributed by atoms with E-state index in [9.17, 15) is 35.3 Å². The predicted molar refractivity (Wildman–Crippen MR) is 115 cm³/mol. The van der Waals surface area contributed by atoms with Crippen LogP contribution in [0.15, 0.2) is 66.7 Å². The molecule has 0 aliphatic rings. The van der Waals surface area contributed by atoms with Gasteiger partial charge in [0.1, 0.15) is 24.1 Å². The minimum absolute atomic E-state index is 0.200. The molecule has 9 heteroatoms. The molecule has 0 N–H and O–H groups in total. The molecule has 0 atom stereocenters. The normalized spacial score (nSPS) is 10.5. The molecule has 0 amide bonds. The summed E-state index contributed by atoms with van der Waals surface area (Å²) in [6.45, 7) is 0.795. The average molecular weight is 496 g/mol. The van der Waals surface area contributed by atoms with E-state index in [0.717, 1.165) is 29.8 Å². The fraction of sp³-hybridized carbons (Fsp3) is 0.0769. The van der Waals surface area contributed by atoms with Crippen molar-refractivity contribution in [3.05, 3.63) is 113 Å². The van der Waals surface area contributed by atoms with Crippen molar-refractivity contribution in [2.45, 2.75) is 13.6 Å². The second-order valence-electron chi connectivity index (χ2n) is 7.39. The summed E-state index contributed by atoms with van der Waals surface area (Å²) in [5.41, 5.74) is 1.27. The Labute approximate surface area is 195 Å². The van der Waals surface area contributed by atoms with Crippen molar-refractivity contribution >= 4 is 0 Å². The van der Waals surface area contributed by atoms with Crippen molar-refractivity contribution in [3.8, 4) is 28.0 Å². The number of alkyl halides is 1. The van der Waals surface area contributed by atoms with Crippen molar-refractivity contribution in [2.24, 2.45) is 0 Å². The molecule has 0 bridgehead atoms. The van der Waals surface area contributed by atoms with Crippen LogP contribution in [0, 0.1) is 41.8 Å². The third-order valence-electron chi connectivity index (χ3n) is 4.98. The van der Waals surface area contributed by atoms with E-state index in [1.807, 2.05) is 19.1 Å². The Balaban J connectivity index is 0.000000196. The SMILES string of the molecule is Cc1ccc(-c2cc(F)c(CF)c(F)c2)cc1.FOc1ccc(-c2cc(F)c(F)c(F)c2)c(F)c1. The van der Waals surface area contributed by atoms with Gasteiger partial charge in [0.15, 0.2) is 23.2 Å². The molecule has 4 aromatic rings. The highest BCUT2D eigenvalue weighted by Crippen LogP contribution is 2.29. The standard InChI is InChI=1S/C14H11F3.C12H5F5O/c1-9-2-4-10(5-3-9)11-6-13(16)12(8-15)14(17)7-11;13-9-5-7(18-17)1-2-8(9)6-3-10(14)12(16)11(15)4-6/h2-7H,8H2,1H3;1-5H. The molecule has 0 saturated heterocycles. The number of hydrogen-bond donors (Lipinski definition) is 0. The molecule has 0 radical (unpaired) electrons. The lowest BCUT2D eigenvalue weighted by atomic mass is 10.0. The van der Waals surface area contributed by atoms with E-state index in [2.05, 4.69) is 4.94 Å². The number of aryl methyl sites for hydroxylation is 1. The van der Waals surface area contributed by atoms with Crippen molar-refractivity contribution in [3.63, 3.8) is 0 Å². The first kappa shape index (κ1) is 25.7. The lowest BCUT2D eigenvalue weighted by Crippen LogP contribution is -1.94. The molecule has 0 aromatic heterocycles. The molecule has 4 aromatic carbocycles. The van der Waals surface area contributed by atoms with E-state index in [-0.39, 0.29) is 16.9 Å². The van der Waals surface area contributed by atoms with Crippen LogP contribution < -0.4 is 4.94 Å². The Morgan fingerprint density at radius 3 is 1.63 bits per heavy atom. The molecule has 0 spiro atoms. The Morgan fingerprint density at radius 2 is 1.14 bits per heavy atom. The third kappa shape index (κ3) is 5.98. The zero-order valence-corrected chi connectivity index (χ0v) is 18.0. The summed E-state index contributed by atoms with van der Waals surface area (Å²) in [7, 11) is 0. The lowest BCUT2D eigenvalue weighted by molar-refractivity contribution is -0.00652. The summed E-state index contributed by atoms with van der Waals surface area (Å²) >= 11 is 0. The van der Waals surface area contributed by atoms with Gasteiger partial charge in [-0.1, -0.05) is 29.8 Å². The van der Waals surface area contributed by atoms with Crippen LogP contribution in [0.1, 0.15) is 11.1 Å². The van der Waals surface area contributed by atoms with Gasteiger partial charge >= 0.3 is 0 Å². The minimum Gasteiger partial charge on any atom is -0.294 e. The van der Waals surface area contributed by atoms with Crippen molar-refractivity contribution in [2.75, 3.05) is 0 Å². The predicted octanol–water partition coefficient (Wildman–Crippen LogP) is 8.58. The van der Waals surface area contributed by atoms with Crippen molar-refractivity contribution < 1.29 is 40.2 Å². The van der Waals surface area contributed by atoms with Gasteiger partial charge in [-0.05, 0) is 60.0 Å². The largest absolute Gasteiger partial charge is 0.294 e. The Kier molecular flexibility index (Phi) is 8.11. The van der Waals surface area contributed by atoms with E-state index < -0.39 is 47.1 Å². The molecule has 35 heavy (non-hydrogen) atoms. The quantitative estimate of drug-likeness (QED) is 0.203. The highest BCUT2D eigenvalue weighted by atomic mass is 19.3. The number of hydrogen-bond acceptors (Lipinski definition) is 1. The van der Waals surface area contributed by atoms with E-state index in [1.54, 1.807) is 12.1 Å². The van der Waals surface area contributed by atoms with Gasteiger partial charge in [0.05, 0.1) is 5.56 Å². The molecular weight excluding hydrogens is 480 g/mol. The molecule has 0 unspecified atom stereocenters. The first-order chi connectivity index (χ1) is 16.6. The van der Waals surface area contributed by atoms with E-state index in [4.69, 9.17) is 0 Å². The summed E-state index contributed by atoms with van der Waals surface area (Å²) in [4.78, 5) is 3.30. The number of benzene rings is 4. The first-order valence-corrected chi connectivity index (χ1v) is 9.98. The average Bonchev–Trinajstić information content (AvgIpc) is 2.82. The highest BCUT2D eigenvalue weighted by molar-refractivity contribution is 5.65. The van der Waals surface area contributed by atoms with Gasteiger partial charge in [-0.15, -0.1) is 0 Å². The first-order valence-electron chi connectivity index (χ1n) is 9.98. The van der Waals surface area contributed by atoms with Crippen LogP contribution in [0.3, 0.4) is 0 Å². The van der Waals surface area contributed by atoms with Gasteiger partial charge in [-0.2, -0.15) is 0 Å². The van der Waals surface area contributed by atoms with E-state index in [0.29, 0.717) is 29.3 Å². The fourth-order valence-corrected chi connectivity index (χ4v) is 3.13. The van der Waals surface area contributed by atoms with Crippen LogP contribution in [-0.4, -0.2) is 0 Å². The lowest BCUT2D eigenvalue weighted by Gasteiger charge is -2.06. The van der Waals surface area contributed by atoms with E-state index >= 15 is 0 Å². The van der Waals surface area contributed by atoms with Gasteiger partial charge in [-0.3, -0.25) is 4.94 Å². The Morgan fingerprint density at radius 1 is 0.600 bits per heavy atom. The van der Waals surface area contributed by atoms with Crippen LogP contribution in [-0.2, 0) is 6.67 Å². The Hall–Kier alpha value is -3.88. The molecule has 1 nitrogen and oxygen atoms in total.